The maximum Gasteiger partial charge on any atom is 0.280 e. The van der Waals surface area contributed by atoms with E-state index in [1.807, 2.05) is 23.7 Å². The van der Waals surface area contributed by atoms with Crippen molar-refractivity contribution in [1.29, 1.82) is 0 Å². The largest absolute Gasteiger partial charge is 0.349 e. The maximum absolute atomic E-state index is 13.4. The Hall–Kier alpha value is -2.95. The molecule has 1 fully saturated rings. The standard InChI is InChI=1S/C26H31ClN6O3S/c1-31(2)26(36)15-10-18(28-23(34)21-12-14-9-16(27)5-6-20(14)33(21)4)19(11-15)29-24(35)25-30-17-7-8-32(3)13-22(17)37-25/h5-6,9,12,15,18-19H,7-8,10-11,13H2,1-4H3,(H,28,34)(H,29,35)/t15?,18-,19-/m1/s1. The van der Waals surface area contributed by atoms with Crippen LogP contribution in [0, 0.1) is 5.92 Å². The summed E-state index contributed by atoms with van der Waals surface area (Å²) in [4.78, 5) is 48.8. The van der Waals surface area contributed by atoms with E-state index in [1.165, 1.54) is 11.3 Å². The van der Waals surface area contributed by atoms with Gasteiger partial charge in [-0.3, -0.25) is 14.4 Å². The highest BCUT2D eigenvalue weighted by Crippen LogP contribution is 2.30. The number of amides is 3. The second-order valence-corrected chi connectivity index (χ2v) is 11.7. The number of nitrogens with one attached hydrogen (secondary N) is 2. The van der Waals surface area contributed by atoms with Gasteiger partial charge in [0.05, 0.1) is 17.8 Å². The van der Waals surface area contributed by atoms with E-state index < -0.39 is 12.1 Å². The highest BCUT2D eigenvalue weighted by Gasteiger charge is 2.41. The fourth-order valence-corrected chi connectivity index (χ4v) is 6.63. The van der Waals surface area contributed by atoms with E-state index in [2.05, 4.69) is 27.6 Å². The van der Waals surface area contributed by atoms with Crippen molar-refractivity contribution in [3.05, 3.63) is 50.6 Å². The molecular weight excluding hydrogens is 512 g/mol. The van der Waals surface area contributed by atoms with E-state index in [-0.39, 0.29) is 23.6 Å². The molecule has 3 amide bonds. The number of rotatable bonds is 5. The van der Waals surface area contributed by atoms with Crippen LogP contribution in [0.4, 0.5) is 0 Å². The van der Waals surface area contributed by atoms with Crippen molar-refractivity contribution < 1.29 is 14.4 Å². The third-order valence-electron chi connectivity index (χ3n) is 7.34. The Bertz CT molecular complexity index is 1380. The minimum absolute atomic E-state index is 0.0111. The van der Waals surface area contributed by atoms with E-state index in [0.29, 0.717) is 28.6 Å². The quantitative estimate of drug-likeness (QED) is 0.516. The number of aryl methyl sites for hydroxylation is 1. The maximum atomic E-state index is 13.4. The first-order valence-corrected chi connectivity index (χ1v) is 13.5. The summed E-state index contributed by atoms with van der Waals surface area (Å²) in [5.41, 5.74) is 2.37. The second kappa shape index (κ2) is 10.1. The van der Waals surface area contributed by atoms with Crippen LogP contribution in [0.1, 0.15) is 43.7 Å². The normalized spacial score (nSPS) is 21.6. The molecule has 1 unspecified atom stereocenters. The highest BCUT2D eigenvalue weighted by molar-refractivity contribution is 7.13. The number of halogens is 1. The van der Waals surface area contributed by atoms with Crippen LogP contribution in [0.25, 0.3) is 10.9 Å². The molecule has 1 saturated carbocycles. The van der Waals surface area contributed by atoms with Crippen molar-refractivity contribution in [1.82, 2.24) is 30.0 Å². The first kappa shape index (κ1) is 25.7. The monoisotopic (exact) mass is 542 g/mol. The van der Waals surface area contributed by atoms with Crippen LogP contribution in [0.15, 0.2) is 24.3 Å². The predicted molar refractivity (Wildman–Crippen MR) is 144 cm³/mol. The molecule has 0 bridgehead atoms. The Morgan fingerprint density at radius 1 is 1.08 bits per heavy atom. The zero-order valence-electron chi connectivity index (χ0n) is 21.4. The van der Waals surface area contributed by atoms with Crippen LogP contribution in [-0.4, -0.2) is 76.8 Å². The van der Waals surface area contributed by atoms with Crippen LogP contribution in [0.5, 0.6) is 0 Å². The van der Waals surface area contributed by atoms with E-state index in [0.717, 1.165) is 41.0 Å². The molecule has 2 aromatic heterocycles. The molecule has 0 saturated heterocycles. The van der Waals surface area contributed by atoms with Crippen molar-refractivity contribution >= 4 is 51.6 Å². The van der Waals surface area contributed by atoms with Crippen molar-refractivity contribution in [2.75, 3.05) is 27.7 Å². The van der Waals surface area contributed by atoms with Gasteiger partial charge in [-0.05, 0) is 44.2 Å². The van der Waals surface area contributed by atoms with Gasteiger partial charge in [-0.15, -0.1) is 11.3 Å². The second-order valence-electron chi connectivity index (χ2n) is 10.2. The van der Waals surface area contributed by atoms with E-state index >= 15 is 0 Å². The summed E-state index contributed by atoms with van der Waals surface area (Å²) in [7, 11) is 7.33. The van der Waals surface area contributed by atoms with Crippen LogP contribution < -0.4 is 10.6 Å². The summed E-state index contributed by atoms with van der Waals surface area (Å²) in [6, 6.07) is 6.51. The molecule has 11 heteroatoms. The van der Waals surface area contributed by atoms with Gasteiger partial charge in [0.15, 0.2) is 5.01 Å². The van der Waals surface area contributed by atoms with Crippen molar-refractivity contribution in [2.45, 2.75) is 37.9 Å². The molecule has 196 valence electrons. The Kier molecular flexibility index (Phi) is 6.99. The van der Waals surface area contributed by atoms with Gasteiger partial charge in [-0.25, -0.2) is 4.98 Å². The SMILES string of the molecule is CN1CCc2nc(C(=O)N[C@@H]3CC(C(=O)N(C)C)C[C@H]3NC(=O)c3cc4cc(Cl)ccc4n3C)sc2C1. The van der Waals surface area contributed by atoms with Crippen LogP contribution in [-0.2, 0) is 24.8 Å². The molecule has 0 radical (unpaired) electrons. The van der Waals surface area contributed by atoms with Gasteiger partial charge >= 0.3 is 0 Å². The summed E-state index contributed by atoms with van der Waals surface area (Å²) >= 11 is 7.55. The zero-order chi connectivity index (χ0) is 26.4. The Balaban J connectivity index is 1.35. The number of carbonyl (C=O) groups is 3. The number of nitrogens with zero attached hydrogens (tertiary/aromatic N) is 4. The van der Waals surface area contributed by atoms with Gasteiger partial charge in [0.1, 0.15) is 5.69 Å². The minimum Gasteiger partial charge on any atom is -0.349 e. The molecule has 3 aromatic rings. The molecule has 3 heterocycles. The van der Waals surface area contributed by atoms with Gasteiger partial charge in [0.25, 0.3) is 11.8 Å². The number of thiazole rings is 1. The first-order chi connectivity index (χ1) is 17.6. The van der Waals surface area contributed by atoms with E-state index in [1.54, 1.807) is 31.1 Å². The van der Waals surface area contributed by atoms with Gasteiger partial charge in [-0.1, -0.05) is 11.6 Å². The van der Waals surface area contributed by atoms with Gasteiger partial charge in [0, 0.05) is 67.4 Å². The van der Waals surface area contributed by atoms with E-state index in [9.17, 15) is 14.4 Å². The van der Waals surface area contributed by atoms with Crippen LogP contribution in [0.3, 0.4) is 0 Å². The first-order valence-electron chi connectivity index (χ1n) is 12.4. The molecule has 37 heavy (non-hydrogen) atoms. The lowest BCUT2D eigenvalue weighted by Crippen LogP contribution is -2.48. The number of benzene rings is 1. The zero-order valence-corrected chi connectivity index (χ0v) is 22.9. The fourth-order valence-electron chi connectivity index (χ4n) is 5.35. The topological polar surface area (TPSA) is 99.6 Å². The number of aromatic nitrogens is 2. The Morgan fingerprint density at radius 3 is 2.49 bits per heavy atom. The average molecular weight is 543 g/mol. The van der Waals surface area contributed by atoms with Gasteiger partial charge in [-0.2, -0.15) is 0 Å². The molecule has 1 aromatic carbocycles. The lowest BCUT2D eigenvalue weighted by Gasteiger charge is -2.21. The molecule has 3 atom stereocenters. The van der Waals surface area contributed by atoms with Crippen molar-refractivity contribution in [3.63, 3.8) is 0 Å². The number of carbonyl (C=O) groups excluding carboxylic acids is 3. The van der Waals surface area contributed by atoms with Crippen LogP contribution in [0.2, 0.25) is 5.02 Å². The number of hydrogen-bond acceptors (Lipinski definition) is 6. The smallest absolute Gasteiger partial charge is 0.280 e. The molecule has 1 aliphatic carbocycles. The highest BCUT2D eigenvalue weighted by atomic mass is 35.5. The summed E-state index contributed by atoms with van der Waals surface area (Å²) < 4.78 is 1.82. The molecule has 0 spiro atoms. The molecule has 5 rings (SSSR count). The summed E-state index contributed by atoms with van der Waals surface area (Å²) in [6.07, 6.45) is 1.72. The Morgan fingerprint density at radius 2 is 1.78 bits per heavy atom. The van der Waals surface area contributed by atoms with Gasteiger partial charge in [0.2, 0.25) is 5.91 Å². The third kappa shape index (κ3) is 5.10. The van der Waals surface area contributed by atoms with E-state index in [4.69, 9.17) is 11.6 Å². The third-order valence-corrected chi connectivity index (χ3v) is 8.66. The number of fused-ring (bicyclic) bond motifs is 2. The molecule has 9 nitrogen and oxygen atoms in total. The molecular formula is C26H31ClN6O3S. The van der Waals surface area contributed by atoms with Crippen LogP contribution >= 0.6 is 22.9 Å². The predicted octanol–water partition coefficient (Wildman–Crippen LogP) is 2.67. The summed E-state index contributed by atoms with van der Waals surface area (Å²) in [5.74, 6) is -0.827. The lowest BCUT2D eigenvalue weighted by atomic mass is 10.1. The summed E-state index contributed by atoms with van der Waals surface area (Å²) in [5, 5.41) is 8.08. The van der Waals surface area contributed by atoms with Crippen molar-refractivity contribution in [3.8, 4) is 0 Å². The van der Waals surface area contributed by atoms with Gasteiger partial charge < -0.3 is 25.0 Å². The average Bonchev–Trinajstić information content (AvgIpc) is 3.53. The summed E-state index contributed by atoms with van der Waals surface area (Å²) in [6.45, 7) is 1.71. The van der Waals surface area contributed by atoms with Crippen molar-refractivity contribution in [2.24, 2.45) is 13.0 Å². The number of likely N-dealkylation sites (N-methyl/N-ethyl adjacent to an activating group) is 1. The molecule has 2 N–H and O–H groups in total. The lowest BCUT2D eigenvalue weighted by molar-refractivity contribution is -0.132. The fraction of sp³-hybridized carbons (Fsp3) is 0.462. The minimum atomic E-state index is -0.396. The molecule has 1 aliphatic heterocycles. The number of hydrogen-bond donors (Lipinski definition) is 2. The Labute approximate surface area is 224 Å². The molecule has 2 aliphatic rings.